The monoisotopic (exact) mass is 325 g/mol. The number of fused-ring (bicyclic) bond motifs is 2. The van der Waals surface area contributed by atoms with Gasteiger partial charge in [0.25, 0.3) is 11.6 Å². The van der Waals surface area contributed by atoms with Gasteiger partial charge in [-0.05, 0) is 37.8 Å². The minimum absolute atomic E-state index is 0. The van der Waals surface area contributed by atoms with Crippen molar-refractivity contribution in [3.8, 4) is 0 Å². The summed E-state index contributed by atoms with van der Waals surface area (Å²) >= 11 is 0. The molecule has 6 nitrogen and oxygen atoms in total. The summed E-state index contributed by atoms with van der Waals surface area (Å²) in [7, 11) is 0. The highest BCUT2D eigenvalue weighted by Crippen LogP contribution is 2.23. The molecule has 2 bridgehead atoms. The summed E-state index contributed by atoms with van der Waals surface area (Å²) in [5, 5.41) is 14.5. The fraction of sp³-hybridized carbons (Fsp3) is 0.533. The lowest BCUT2D eigenvalue weighted by Gasteiger charge is -2.24. The Morgan fingerprint density at radius 1 is 1.27 bits per heavy atom. The maximum absolute atomic E-state index is 12.6. The molecule has 0 saturated carbocycles. The summed E-state index contributed by atoms with van der Waals surface area (Å²) in [6.45, 7) is 3.18. The first-order chi connectivity index (χ1) is 10.0. The van der Waals surface area contributed by atoms with E-state index >= 15 is 0 Å². The van der Waals surface area contributed by atoms with Crippen LogP contribution in [0.4, 0.5) is 5.69 Å². The van der Waals surface area contributed by atoms with E-state index in [1.165, 1.54) is 18.6 Å². The van der Waals surface area contributed by atoms with E-state index in [9.17, 15) is 14.9 Å². The minimum Gasteiger partial charge on any atom is -0.337 e. The molecule has 2 aliphatic heterocycles. The molecule has 0 aliphatic carbocycles. The molecule has 2 aliphatic rings. The van der Waals surface area contributed by atoms with Gasteiger partial charge in [-0.3, -0.25) is 14.9 Å². The topological polar surface area (TPSA) is 75.5 Å². The standard InChI is InChI=1S/C15H19N3O3.ClH/c1-10-6-11(8-14(7-10)18(20)21)15(19)17-5-4-12-2-3-13(9-17)16-12;/h6-8,12-13,16H,2-5,9H2,1H3;1H. The Bertz CT molecular complexity index is 593. The number of amides is 1. The lowest BCUT2D eigenvalue weighted by atomic mass is 10.1. The number of non-ortho nitro benzene ring substituents is 1. The molecule has 22 heavy (non-hydrogen) atoms. The summed E-state index contributed by atoms with van der Waals surface area (Å²) in [5.41, 5.74) is 1.13. The lowest BCUT2D eigenvalue weighted by molar-refractivity contribution is -0.384. The summed E-state index contributed by atoms with van der Waals surface area (Å²) in [5.74, 6) is -0.101. The van der Waals surface area contributed by atoms with Crippen LogP contribution in [-0.4, -0.2) is 40.9 Å². The second-order valence-electron chi connectivity index (χ2n) is 5.99. The quantitative estimate of drug-likeness (QED) is 0.668. The highest BCUT2D eigenvalue weighted by molar-refractivity contribution is 5.95. The van der Waals surface area contributed by atoms with E-state index in [0.717, 1.165) is 24.9 Å². The maximum atomic E-state index is 12.6. The van der Waals surface area contributed by atoms with Gasteiger partial charge in [-0.25, -0.2) is 0 Å². The Balaban J connectivity index is 0.00000176. The number of likely N-dealkylation sites (tertiary alicyclic amines) is 1. The largest absolute Gasteiger partial charge is 0.337 e. The highest BCUT2D eigenvalue weighted by Gasteiger charge is 2.31. The van der Waals surface area contributed by atoms with Crippen LogP contribution in [0.5, 0.6) is 0 Å². The zero-order valence-corrected chi connectivity index (χ0v) is 13.3. The van der Waals surface area contributed by atoms with Gasteiger partial charge in [0.1, 0.15) is 0 Å². The van der Waals surface area contributed by atoms with E-state index in [1.54, 1.807) is 13.0 Å². The lowest BCUT2D eigenvalue weighted by Crippen LogP contribution is -2.39. The third-order valence-electron chi connectivity index (χ3n) is 4.33. The molecular formula is C15H20ClN3O3. The summed E-state index contributed by atoms with van der Waals surface area (Å²) in [6.07, 6.45) is 3.24. The number of rotatable bonds is 2. The Morgan fingerprint density at radius 2 is 2.00 bits per heavy atom. The number of nitro groups is 1. The molecule has 2 saturated heterocycles. The summed E-state index contributed by atoms with van der Waals surface area (Å²) in [6, 6.07) is 5.47. The van der Waals surface area contributed by atoms with Crippen LogP contribution < -0.4 is 5.32 Å². The van der Waals surface area contributed by atoms with Gasteiger partial charge in [0.05, 0.1) is 4.92 Å². The molecule has 0 radical (unpaired) electrons. The van der Waals surface area contributed by atoms with Crippen molar-refractivity contribution in [3.05, 3.63) is 39.4 Å². The average Bonchev–Trinajstić information content (AvgIpc) is 2.77. The molecule has 2 unspecified atom stereocenters. The van der Waals surface area contributed by atoms with Crippen molar-refractivity contribution in [2.24, 2.45) is 0 Å². The van der Waals surface area contributed by atoms with E-state index in [-0.39, 0.29) is 24.0 Å². The van der Waals surface area contributed by atoms with Crippen LogP contribution in [-0.2, 0) is 0 Å². The van der Waals surface area contributed by atoms with Crippen LogP contribution in [0.3, 0.4) is 0 Å². The molecule has 1 aromatic carbocycles. The zero-order valence-electron chi connectivity index (χ0n) is 12.4. The van der Waals surface area contributed by atoms with Crippen LogP contribution >= 0.6 is 12.4 Å². The molecule has 0 spiro atoms. The smallest absolute Gasteiger partial charge is 0.270 e. The minimum atomic E-state index is -0.449. The van der Waals surface area contributed by atoms with Gasteiger partial charge in [-0.2, -0.15) is 0 Å². The van der Waals surface area contributed by atoms with Gasteiger partial charge in [-0.1, -0.05) is 0 Å². The maximum Gasteiger partial charge on any atom is 0.270 e. The van der Waals surface area contributed by atoms with Crippen molar-refractivity contribution in [1.82, 2.24) is 10.2 Å². The summed E-state index contributed by atoms with van der Waals surface area (Å²) < 4.78 is 0. The van der Waals surface area contributed by atoms with Crippen LogP contribution in [0.1, 0.15) is 35.2 Å². The molecule has 3 rings (SSSR count). The van der Waals surface area contributed by atoms with E-state index < -0.39 is 4.92 Å². The van der Waals surface area contributed by atoms with E-state index in [4.69, 9.17) is 0 Å². The van der Waals surface area contributed by atoms with Gasteiger partial charge in [0.2, 0.25) is 0 Å². The molecule has 2 heterocycles. The molecule has 1 amide bonds. The van der Waals surface area contributed by atoms with Crippen molar-refractivity contribution in [3.63, 3.8) is 0 Å². The van der Waals surface area contributed by atoms with E-state index in [1.807, 2.05) is 4.90 Å². The van der Waals surface area contributed by atoms with Crippen LogP contribution in [0, 0.1) is 17.0 Å². The third kappa shape index (κ3) is 3.39. The fourth-order valence-corrected chi connectivity index (χ4v) is 3.30. The van der Waals surface area contributed by atoms with Gasteiger partial charge in [0.15, 0.2) is 0 Å². The molecule has 7 heteroatoms. The van der Waals surface area contributed by atoms with Crippen molar-refractivity contribution in [2.45, 2.75) is 38.3 Å². The molecule has 2 fully saturated rings. The van der Waals surface area contributed by atoms with Gasteiger partial charge in [0, 0.05) is 42.9 Å². The Morgan fingerprint density at radius 3 is 2.73 bits per heavy atom. The van der Waals surface area contributed by atoms with Crippen molar-refractivity contribution < 1.29 is 9.72 Å². The molecule has 120 valence electrons. The molecule has 1 N–H and O–H groups in total. The predicted octanol–water partition coefficient (Wildman–Crippen LogP) is 2.29. The SMILES string of the molecule is Cc1cc(C(=O)N2CCC3CCC(C2)N3)cc([N+](=O)[O-])c1.Cl. The van der Waals surface area contributed by atoms with Crippen molar-refractivity contribution in [1.29, 1.82) is 0 Å². The Labute approximate surface area is 135 Å². The molecule has 0 aromatic heterocycles. The van der Waals surface area contributed by atoms with Crippen LogP contribution in [0.2, 0.25) is 0 Å². The predicted molar refractivity (Wildman–Crippen MR) is 85.5 cm³/mol. The normalized spacial score (nSPS) is 23.6. The van der Waals surface area contributed by atoms with E-state index in [0.29, 0.717) is 24.2 Å². The average molecular weight is 326 g/mol. The zero-order chi connectivity index (χ0) is 15.0. The number of hydrogen-bond donors (Lipinski definition) is 1. The number of nitro benzene ring substituents is 1. The first-order valence-corrected chi connectivity index (χ1v) is 7.34. The number of halogens is 1. The number of carbonyl (C=O) groups is 1. The number of hydrogen-bond acceptors (Lipinski definition) is 4. The number of carbonyl (C=O) groups excluding carboxylic acids is 1. The first kappa shape index (κ1) is 16.7. The summed E-state index contributed by atoms with van der Waals surface area (Å²) in [4.78, 5) is 24.9. The molecular weight excluding hydrogens is 306 g/mol. The van der Waals surface area contributed by atoms with Gasteiger partial charge < -0.3 is 10.2 Å². The highest BCUT2D eigenvalue weighted by atomic mass is 35.5. The second kappa shape index (κ2) is 6.62. The second-order valence-corrected chi connectivity index (χ2v) is 5.99. The van der Waals surface area contributed by atoms with Crippen LogP contribution in [0.25, 0.3) is 0 Å². The number of benzene rings is 1. The third-order valence-corrected chi connectivity index (χ3v) is 4.33. The number of aryl methyl sites for hydroxylation is 1. The van der Waals surface area contributed by atoms with Crippen molar-refractivity contribution in [2.75, 3.05) is 13.1 Å². The molecule has 2 atom stereocenters. The Kier molecular flexibility index (Phi) is 5.03. The fourth-order valence-electron chi connectivity index (χ4n) is 3.30. The van der Waals surface area contributed by atoms with Crippen LogP contribution in [0.15, 0.2) is 18.2 Å². The number of nitrogens with zero attached hydrogens (tertiary/aromatic N) is 2. The number of nitrogens with one attached hydrogen (secondary N) is 1. The van der Waals surface area contributed by atoms with Crippen molar-refractivity contribution >= 4 is 24.0 Å². The Hall–Kier alpha value is -1.66. The van der Waals surface area contributed by atoms with Gasteiger partial charge in [-0.15, -0.1) is 12.4 Å². The van der Waals surface area contributed by atoms with Gasteiger partial charge >= 0.3 is 0 Å². The molecule has 1 aromatic rings. The van der Waals surface area contributed by atoms with E-state index in [2.05, 4.69) is 5.32 Å². The first-order valence-electron chi connectivity index (χ1n) is 7.34.